The minimum Gasteiger partial charge on any atom is -0.493 e. The maximum absolute atomic E-state index is 12.6. The summed E-state index contributed by atoms with van der Waals surface area (Å²) in [6.45, 7) is 7.02. The van der Waals surface area contributed by atoms with Crippen LogP contribution < -0.4 is 19.5 Å². The van der Waals surface area contributed by atoms with E-state index in [-0.39, 0.29) is 36.0 Å². The molecule has 1 amide bonds. The summed E-state index contributed by atoms with van der Waals surface area (Å²) in [7, 11) is 4.85. The van der Waals surface area contributed by atoms with Gasteiger partial charge in [-0.1, -0.05) is 6.07 Å². The number of nitrogens with zero attached hydrogens (tertiary/aromatic N) is 3. The second kappa shape index (κ2) is 13.7. The van der Waals surface area contributed by atoms with Crippen molar-refractivity contribution < 1.29 is 23.7 Å². The zero-order chi connectivity index (χ0) is 22.9. The lowest BCUT2D eigenvalue weighted by Gasteiger charge is -2.37. The lowest BCUT2D eigenvalue weighted by molar-refractivity contribution is -0.142. The average molecular weight is 576 g/mol. The van der Waals surface area contributed by atoms with Crippen molar-refractivity contribution in [1.82, 2.24) is 15.1 Å². The highest BCUT2D eigenvalue weighted by Gasteiger charge is 2.30. The van der Waals surface area contributed by atoms with E-state index in [1.54, 1.807) is 21.3 Å². The highest BCUT2D eigenvalue weighted by molar-refractivity contribution is 14.0. The number of benzene rings is 1. The van der Waals surface area contributed by atoms with Crippen LogP contribution in [0.3, 0.4) is 0 Å². The molecule has 1 unspecified atom stereocenters. The van der Waals surface area contributed by atoms with Crippen LogP contribution in [0.2, 0.25) is 0 Å². The first kappa shape index (κ1) is 27.3. The van der Waals surface area contributed by atoms with Crippen LogP contribution in [0.25, 0.3) is 0 Å². The van der Waals surface area contributed by atoms with Crippen LogP contribution in [0.1, 0.15) is 25.3 Å². The average Bonchev–Trinajstić information content (AvgIpc) is 3.37. The summed E-state index contributed by atoms with van der Waals surface area (Å²) >= 11 is 0. The van der Waals surface area contributed by atoms with Crippen molar-refractivity contribution in [3.8, 4) is 17.2 Å². The van der Waals surface area contributed by atoms with Gasteiger partial charge in [0.2, 0.25) is 5.75 Å². The highest BCUT2D eigenvalue weighted by atomic mass is 127. The van der Waals surface area contributed by atoms with Gasteiger partial charge in [0.15, 0.2) is 17.5 Å². The van der Waals surface area contributed by atoms with Gasteiger partial charge in [-0.3, -0.25) is 9.79 Å². The van der Waals surface area contributed by atoms with Gasteiger partial charge >= 0.3 is 0 Å². The standard InChI is InChI=1S/C23H36N4O5.HI/c1-5-24-23(27-14-12-26(13-15-27)22(28)19-7-6-16-32-19)25-11-10-17-8-9-18(29-2)21(31-4)20(17)30-3;/h8-9,19H,5-7,10-16H2,1-4H3,(H,24,25);1H. The predicted octanol–water partition coefficient (Wildman–Crippen LogP) is 2.16. The third kappa shape index (κ3) is 6.78. The molecule has 0 bridgehead atoms. The summed E-state index contributed by atoms with van der Waals surface area (Å²) in [6.07, 6.45) is 2.26. The van der Waals surface area contributed by atoms with E-state index in [4.69, 9.17) is 23.9 Å². The van der Waals surface area contributed by atoms with E-state index in [1.165, 1.54) is 0 Å². The fraction of sp³-hybridized carbons (Fsp3) is 0.652. The molecular weight excluding hydrogens is 539 g/mol. The van der Waals surface area contributed by atoms with Gasteiger partial charge in [0.05, 0.1) is 21.3 Å². The molecule has 3 rings (SSSR count). The highest BCUT2D eigenvalue weighted by Crippen LogP contribution is 2.39. The van der Waals surface area contributed by atoms with Gasteiger partial charge in [0, 0.05) is 51.4 Å². The van der Waals surface area contributed by atoms with Crippen LogP contribution >= 0.6 is 24.0 Å². The van der Waals surface area contributed by atoms with Gasteiger partial charge < -0.3 is 34.1 Å². The minimum absolute atomic E-state index is 0. The molecule has 1 aromatic carbocycles. The maximum atomic E-state index is 12.6. The number of hydrogen-bond donors (Lipinski definition) is 1. The number of ether oxygens (including phenoxy) is 4. The Hall–Kier alpha value is -1.95. The van der Waals surface area contributed by atoms with Gasteiger partial charge in [-0.25, -0.2) is 0 Å². The number of carbonyl (C=O) groups excluding carboxylic acids is 1. The van der Waals surface area contributed by atoms with Crippen LogP contribution in [0.15, 0.2) is 17.1 Å². The van der Waals surface area contributed by atoms with Crippen molar-refractivity contribution in [1.29, 1.82) is 0 Å². The molecule has 9 nitrogen and oxygen atoms in total. The molecule has 2 saturated heterocycles. The molecule has 2 aliphatic rings. The Labute approximate surface area is 213 Å². The van der Waals surface area contributed by atoms with Gasteiger partial charge in [0.1, 0.15) is 6.10 Å². The van der Waals surface area contributed by atoms with Gasteiger partial charge in [-0.2, -0.15) is 0 Å². The third-order valence-electron chi connectivity index (χ3n) is 5.86. The van der Waals surface area contributed by atoms with E-state index in [0.717, 1.165) is 44.0 Å². The van der Waals surface area contributed by atoms with E-state index >= 15 is 0 Å². The number of aliphatic imine (C=N–C) groups is 1. The topological polar surface area (TPSA) is 84.9 Å². The van der Waals surface area contributed by atoms with Crippen molar-refractivity contribution in [3.05, 3.63) is 17.7 Å². The SMILES string of the molecule is CCNC(=NCCc1ccc(OC)c(OC)c1OC)N1CCN(C(=O)C2CCCO2)CC1.I. The number of piperazine rings is 1. The molecule has 1 N–H and O–H groups in total. The van der Waals surface area contributed by atoms with Crippen molar-refractivity contribution in [2.45, 2.75) is 32.3 Å². The second-order valence-corrected chi connectivity index (χ2v) is 7.79. The molecule has 33 heavy (non-hydrogen) atoms. The van der Waals surface area contributed by atoms with E-state index < -0.39 is 0 Å². The van der Waals surface area contributed by atoms with Crippen LogP contribution in [0, 0.1) is 0 Å². The Morgan fingerprint density at radius 2 is 1.79 bits per heavy atom. The number of rotatable bonds is 8. The largest absolute Gasteiger partial charge is 0.493 e. The fourth-order valence-electron chi connectivity index (χ4n) is 4.18. The molecule has 0 spiro atoms. The van der Waals surface area contributed by atoms with Crippen molar-refractivity contribution in [2.24, 2.45) is 4.99 Å². The van der Waals surface area contributed by atoms with Crippen LogP contribution in [-0.4, -0.2) is 95.0 Å². The number of halogens is 1. The molecule has 186 valence electrons. The first-order valence-corrected chi connectivity index (χ1v) is 11.3. The normalized spacial score (nSPS) is 18.5. The molecule has 0 aliphatic carbocycles. The Bertz CT molecular complexity index is 793. The third-order valence-corrected chi connectivity index (χ3v) is 5.86. The second-order valence-electron chi connectivity index (χ2n) is 7.79. The summed E-state index contributed by atoms with van der Waals surface area (Å²) in [5.41, 5.74) is 1.01. The minimum atomic E-state index is -0.250. The molecule has 2 heterocycles. The number of nitrogens with one attached hydrogen (secondary N) is 1. The van der Waals surface area contributed by atoms with E-state index in [2.05, 4.69) is 17.1 Å². The van der Waals surface area contributed by atoms with Crippen LogP contribution in [0.4, 0.5) is 0 Å². The lowest BCUT2D eigenvalue weighted by Crippen LogP contribution is -2.55. The fourth-order valence-corrected chi connectivity index (χ4v) is 4.18. The summed E-state index contributed by atoms with van der Waals surface area (Å²) < 4.78 is 22.0. The summed E-state index contributed by atoms with van der Waals surface area (Å²) in [5.74, 6) is 2.91. The Morgan fingerprint density at radius 1 is 1.09 bits per heavy atom. The number of guanidine groups is 1. The molecule has 2 fully saturated rings. The number of amides is 1. The molecule has 0 saturated carbocycles. The molecular formula is C23H37IN4O5. The molecule has 1 atom stereocenters. The zero-order valence-electron chi connectivity index (χ0n) is 20.1. The van der Waals surface area contributed by atoms with Crippen molar-refractivity contribution in [2.75, 3.05) is 67.2 Å². The number of hydrogen-bond acceptors (Lipinski definition) is 6. The number of carbonyl (C=O) groups is 1. The van der Waals surface area contributed by atoms with Gasteiger partial charge in [0.25, 0.3) is 5.91 Å². The van der Waals surface area contributed by atoms with Crippen molar-refractivity contribution in [3.63, 3.8) is 0 Å². The Balaban J connectivity index is 0.00000385. The van der Waals surface area contributed by atoms with Crippen LogP contribution in [0.5, 0.6) is 17.2 Å². The lowest BCUT2D eigenvalue weighted by atomic mass is 10.1. The summed E-state index contributed by atoms with van der Waals surface area (Å²) in [6, 6.07) is 3.87. The Morgan fingerprint density at radius 3 is 2.36 bits per heavy atom. The van der Waals surface area contributed by atoms with Gasteiger partial charge in [-0.05, 0) is 32.3 Å². The first-order valence-electron chi connectivity index (χ1n) is 11.3. The first-order chi connectivity index (χ1) is 15.6. The molecule has 2 aliphatic heterocycles. The van der Waals surface area contributed by atoms with E-state index in [1.807, 2.05) is 17.0 Å². The predicted molar refractivity (Wildman–Crippen MR) is 138 cm³/mol. The number of methoxy groups -OCH3 is 3. The van der Waals surface area contributed by atoms with Gasteiger partial charge in [-0.15, -0.1) is 24.0 Å². The molecule has 0 aromatic heterocycles. The van der Waals surface area contributed by atoms with Crippen LogP contribution in [-0.2, 0) is 16.0 Å². The zero-order valence-corrected chi connectivity index (χ0v) is 22.4. The molecule has 0 radical (unpaired) electrons. The quantitative estimate of drug-likeness (QED) is 0.289. The van der Waals surface area contributed by atoms with E-state index in [0.29, 0.717) is 49.9 Å². The maximum Gasteiger partial charge on any atom is 0.251 e. The summed E-state index contributed by atoms with van der Waals surface area (Å²) in [4.78, 5) is 21.6. The Kier molecular flexibility index (Phi) is 11.3. The monoisotopic (exact) mass is 576 g/mol. The summed E-state index contributed by atoms with van der Waals surface area (Å²) in [5, 5.41) is 3.38. The van der Waals surface area contributed by atoms with Crippen molar-refractivity contribution >= 4 is 35.8 Å². The molecule has 1 aromatic rings. The van der Waals surface area contributed by atoms with E-state index in [9.17, 15) is 4.79 Å². The smallest absolute Gasteiger partial charge is 0.251 e. The molecule has 10 heteroatoms.